The minimum absolute atomic E-state index is 0.0718. The van der Waals surface area contributed by atoms with Crippen molar-refractivity contribution in [3.8, 4) is 0 Å². The number of carbonyl (C=O) groups excluding carboxylic acids is 1. The van der Waals surface area contributed by atoms with Crippen molar-refractivity contribution in [2.24, 2.45) is 0 Å². The maximum absolute atomic E-state index is 12.9. The van der Waals surface area contributed by atoms with Crippen molar-refractivity contribution in [3.05, 3.63) is 87.4 Å². The van der Waals surface area contributed by atoms with E-state index in [1.54, 1.807) is 30.3 Å². The van der Waals surface area contributed by atoms with Crippen LogP contribution in [0.3, 0.4) is 0 Å². The number of sulfone groups is 1. The maximum Gasteiger partial charge on any atom is 0.319 e. The van der Waals surface area contributed by atoms with Crippen molar-refractivity contribution in [2.75, 3.05) is 23.8 Å². The molecule has 1 heterocycles. The van der Waals surface area contributed by atoms with Gasteiger partial charge >= 0.3 is 6.03 Å². The number of anilines is 2. The molecule has 2 N–H and O–H groups in total. The summed E-state index contributed by atoms with van der Waals surface area (Å²) in [6.45, 7) is 1.15. The highest BCUT2D eigenvalue weighted by molar-refractivity contribution is 7.90. The van der Waals surface area contributed by atoms with E-state index in [9.17, 15) is 13.2 Å². The number of urea groups is 1. The molecular formula is C24H23Cl2N3O3S. The lowest BCUT2D eigenvalue weighted by Gasteiger charge is -2.12. The number of carbonyl (C=O) groups is 1. The summed E-state index contributed by atoms with van der Waals surface area (Å²) in [6, 6.07) is 16.7. The Kier molecular flexibility index (Phi) is 6.83. The summed E-state index contributed by atoms with van der Waals surface area (Å²) < 4.78 is 25.8. The van der Waals surface area contributed by atoms with Crippen LogP contribution in [0.4, 0.5) is 16.2 Å². The predicted molar refractivity (Wildman–Crippen MR) is 133 cm³/mol. The molecule has 172 valence electrons. The van der Waals surface area contributed by atoms with Crippen LogP contribution < -0.4 is 15.5 Å². The molecule has 6 nitrogen and oxygen atoms in total. The number of rotatable bonds is 6. The van der Waals surface area contributed by atoms with Crippen molar-refractivity contribution in [3.63, 3.8) is 0 Å². The van der Waals surface area contributed by atoms with Gasteiger partial charge in [0.05, 0.1) is 20.7 Å². The Hall–Kier alpha value is -2.74. The van der Waals surface area contributed by atoms with Gasteiger partial charge in [-0.1, -0.05) is 47.5 Å². The standard InChI is InChI=1S/C24H23Cl2N3O3S/c1-29-12-11-17-13-16(5-10-22(17)29)15-33(31,32)20-8-6-19(7-9-20)28-24(30)27-14-18-3-2-4-21(25)23(18)26/h2-10,13H,11-12,14-15H2,1H3,(H2,27,28,30). The number of benzene rings is 3. The Morgan fingerprint density at radius 1 is 1.06 bits per heavy atom. The summed E-state index contributed by atoms with van der Waals surface area (Å²) in [5.41, 5.74) is 4.27. The SMILES string of the molecule is CN1CCc2cc(CS(=O)(=O)c3ccc(NC(=O)NCc4cccc(Cl)c4Cl)cc3)ccc21. The third kappa shape index (κ3) is 5.43. The first-order valence-corrected chi connectivity index (χ1v) is 12.8. The van der Waals surface area contributed by atoms with E-state index in [-0.39, 0.29) is 17.2 Å². The molecule has 2 amide bonds. The summed E-state index contributed by atoms with van der Waals surface area (Å²) in [6.07, 6.45) is 0.922. The third-order valence-electron chi connectivity index (χ3n) is 5.57. The van der Waals surface area contributed by atoms with Gasteiger partial charge in [-0.05, 0) is 59.5 Å². The van der Waals surface area contributed by atoms with Crippen molar-refractivity contribution in [1.82, 2.24) is 5.32 Å². The van der Waals surface area contributed by atoms with Gasteiger partial charge in [0.15, 0.2) is 9.84 Å². The van der Waals surface area contributed by atoms with Crippen molar-refractivity contribution >= 4 is 50.4 Å². The van der Waals surface area contributed by atoms with Gasteiger partial charge in [0, 0.05) is 31.5 Å². The maximum atomic E-state index is 12.9. The van der Waals surface area contributed by atoms with Crippen LogP contribution in [0.1, 0.15) is 16.7 Å². The normalized spacial score (nSPS) is 13.0. The van der Waals surface area contributed by atoms with Gasteiger partial charge in [0.1, 0.15) is 0 Å². The number of nitrogens with zero attached hydrogens (tertiary/aromatic N) is 1. The largest absolute Gasteiger partial charge is 0.374 e. The predicted octanol–water partition coefficient (Wildman–Crippen LogP) is 5.28. The molecule has 0 saturated heterocycles. The second kappa shape index (κ2) is 9.63. The summed E-state index contributed by atoms with van der Waals surface area (Å²) in [7, 11) is -1.48. The van der Waals surface area contributed by atoms with E-state index in [4.69, 9.17) is 23.2 Å². The fourth-order valence-electron chi connectivity index (χ4n) is 3.79. The van der Waals surface area contributed by atoms with E-state index < -0.39 is 15.9 Å². The van der Waals surface area contributed by atoms with E-state index in [0.717, 1.165) is 24.2 Å². The van der Waals surface area contributed by atoms with E-state index in [1.165, 1.54) is 17.7 Å². The summed E-state index contributed by atoms with van der Waals surface area (Å²) in [5, 5.41) is 6.19. The second-order valence-electron chi connectivity index (χ2n) is 7.94. The van der Waals surface area contributed by atoms with Gasteiger partial charge in [-0.2, -0.15) is 0 Å². The molecule has 0 atom stereocenters. The van der Waals surface area contributed by atoms with Gasteiger partial charge < -0.3 is 15.5 Å². The number of likely N-dealkylation sites (N-methyl/N-ethyl adjacent to an activating group) is 1. The molecule has 0 fully saturated rings. The molecule has 0 unspecified atom stereocenters. The van der Waals surface area contributed by atoms with Crippen LogP contribution in [0, 0.1) is 0 Å². The summed E-state index contributed by atoms with van der Waals surface area (Å²) >= 11 is 12.1. The minimum atomic E-state index is -3.51. The highest BCUT2D eigenvalue weighted by atomic mass is 35.5. The van der Waals surface area contributed by atoms with Crippen LogP contribution in [0.5, 0.6) is 0 Å². The highest BCUT2D eigenvalue weighted by Gasteiger charge is 2.19. The lowest BCUT2D eigenvalue weighted by Crippen LogP contribution is -2.28. The van der Waals surface area contributed by atoms with E-state index >= 15 is 0 Å². The Bertz CT molecular complexity index is 1290. The molecule has 0 bridgehead atoms. The summed E-state index contributed by atoms with van der Waals surface area (Å²) in [5.74, 6) is -0.0718. The lowest BCUT2D eigenvalue weighted by molar-refractivity contribution is 0.251. The van der Waals surface area contributed by atoms with Crippen molar-refractivity contribution in [1.29, 1.82) is 0 Å². The number of fused-ring (bicyclic) bond motifs is 1. The minimum Gasteiger partial charge on any atom is -0.374 e. The number of hydrogen-bond acceptors (Lipinski definition) is 4. The van der Waals surface area contributed by atoms with E-state index in [2.05, 4.69) is 15.5 Å². The van der Waals surface area contributed by atoms with Gasteiger partial charge in [0.2, 0.25) is 0 Å². The molecule has 0 radical (unpaired) electrons. The van der Waals surface area contributed by atoms with Crippen molar-refractivity contribution < 1.29 is 13.2 Å². The molecule has 1 aliphatic rings. The van der Waals surface area contributed by atoms with Crippen LogP contribution in [0.15, 0.2) is 65.6 Å². The molecule has 4 rings (SSSR count). The fourth-order valence-corrected chi connectivity index (χ4v) is 5.52. The molecule has 33 heavy (non-hydrogen) atoms. The molecule has 3 aromatic carbocycles. The van der Waals surface area contributed by atoms with Crippen LogP contribution in [0.2, 0.25) is 10.0 Å². The Morgan fingerprint density at radius 3 is 2.58 bits per heavy atom. The van der Waals surface area contributed by atoms with Gasteiger partial charge in [-0.3, -0.25) is 0 Å². The molecule has 9 heteroatoms. The Labute approximate surface area is 203 Å². The Balaban J connectivity index is 1.37. The number of nitrogens with one attached hydrogen (secondary N) is 2. The monoisotopic (exact) mass is 503 g/mol. The number of halogens is 2. The first kappa shape index (κ1) is 23.4. The third-order valence-corrected chi connectivity index (χ3v) is 8.13. The molecule has 0 aliphatic carbocycles. The van der Waals surface area contributed by atoms with Gasteiger partial charge in [-0.25, -0.2) is 13.2 Å². The summed E-state index contributed by atoms with van der Waals surface area (Å²) in [4.78, 5) is 14.6. The Morgan fingerprint density at radius 2 is 1.82 bits per heavy atom. The molecule has 0 spiro atoms. The zero-order chi connectivity index (χ0) is 23.6. The zero-order valence-electron chi connectivity index (χ0n) is 17.9. The zero-order valence-corrected chi connectivity index (χ0v) is 20.3. The fraction of sp³-hybridized carbons (Fsp3) is 0.208. The van der Waals surface area contributed by atoms with Crippen LogP contribution >= 0.6 is 23.2 Å². The average molecular weight is 504 g/mol. The molecule has 3 aromatic rings. The van der Waals surface area contributed by atoms with E-state index in [1.807, 2.05) is 25.2 Å². The average Bonchev–Trinajstić information content (AvgIpc) is 3.15. The highest BCUT2D eigenvalue weighted by Crippen LogP contribution is 2.29. The number of hydrogen-bond donors (Lipinski definition) is 2. The first-order valence-electron chi connectivity index (χ1n) is 10.4. The van der Waals surface area contributed by atoms with Gasteiger partial charge in [0.25, 0.3) is 0 Å². The topological polar surface area (TPSA) is 78.5 Å². The molecule has 1 aliphatic heterocycles. The molecule has 0 aromatic heterocycles. The van der Waals surface area contributed by atoms with Gasteiger partial charge in [-0.15, -0.1) is 0 Å². The molecular weight excluding hydrogens is 481 g/mol. The van der Waals surface area contributed by atoms with E-state index in [0.29, 0.717) is 21.3 Å². The smallest absolute Gasteiger partial charge is 0.319 e. The lowest BCUT2D eigenvalue weighted by atomic mass is 10.1. The van der Waals surface area contributed by atoms with Crippen LogP contribution in [-0.2, 0) is 28.6 Å². The van der Waals surface area contributed by atoms with Crippen molar-refractivity contribution in [2.45, 2.75) is 23.6 Å². The molecule has 0 saturated carbocycles. The first-order chi connectivity index (χ1) is 15.7. The van der Waals surface area contributed by atoms with Crippen LogP contribution in [-0.4, -0.2) is 28.0 Å². The quantitative estimate of drug-likeness (QED) is 0.479. The van der Waals surface area contributed by atoms with Crippen LogP contribution in [0.25, 0.3) is 0 Å². The second-order valence-corrected chi connectivity index (χ2v) is 10.7. The number of amides is 2.